The van der Waals surface area contributed by atoms with E-state index in [-0.39, 0.29) is 5.41 Å². The molecule has 0 aromatic rings. The van der Waals surface area contributed by atoms with E-state index in [1.807, 2.05) is 0 Å². The predicted octanol–water partition coefficient (Wildman–Crippen LogP) is 3.33. The maximum absolute atomic E-state index is 11.9. The lowest BCUT2D eigenvalue weighted by molar-refractivity contribution is -0.127. The summed E-state index contributed by atoms with van der Waals surface area (Å²) in [7, 11) is 0. The summed E-state index contributed by atoms with van der Waals surface area (Å²) in [5.41, 5.74) is 0.0783. The molecule has 2 saturated carbocycles. The van der Waals surface area contributed by atoms with E-state index in [0.29, 0.717) is 5.78 Å². The number of hydrogen-bond acceptors (Lipinski definition) is 1. The third-order valence-electron chi connectivity index (χ3n) is 3.86. The van der Waals surface area contributed by atoms with Gasteiger partial charge in [-0.25, -0.2) is 0 Å². The van der Waals surface area contributed by atoms with E-state index < -0.39 is 0 Å². The molecule has 2 aliphatic carbocycles. The van der Waals surface area contributed by atoms with E-state index >= 15 is 0 Å². The van der Waals surface area contributed by atoms with Crippen molar-refractivity contribution in [3.63, 3.8) is 0 Å². The number of carbonyl (C=O) groups is 1. The molecule has 2 fully saturated rings. The molecular weight excluding hydrogens is 160 g/mol. The Morgan fingerprint density at radius 3 is 2.46 bits per heavy atom. The molecule has 74 valence electrons. The van der Waals surface area contributed by atoms with E-state index in [9.17, 15) is 4.79 Å². The first-order chi connectivity index (χ1) is 6.21. The van der Waals surface area contributed by atoms with Gasteiger partial charge < -0.3 is 0 Å². The highest BCUT2D eigenvalue weighted by Gasteiger charge is 2.36. The van der Waals surface area contributed by atoms with Crippen LogP contribution in [0.3, 0.4) is 0 Å². The molecule has 0 atom stereocenters. The van der Waals surface area contributed by atoms with E-state index in [0.717, 1.165) is 25.2 Å². The molecule has 0 radical (unpaired) electrons. The Morgan fingerprint density at radius 2 is 1.92 bits per heavy atom. The van der Waals surface area contributed by atoms with Crippen molar-refractivity contribution in [1.29, 1.82) is 0 Å². The van der Waals surface area contributed by atoms with Crippen LogP contribution in [0.2, 0.25) is 0 Å². The molecule has 1 nitrogen and oxygen atoms in total. The average molecular weight is 180 g/mol. The SMILES string of the molecule is CC1(C(=O)CCC2CC2)CCCC1. The highest BCUT2D eigenvalue weighted by molar-refractivity contribution is 5.84. The highest BCUT2D eigenvalue weighted by Crippen LogP contribution is 2.41. The molecule has 0 saturated heterocycles. The van der Waals surface area contributed by atoms with Crippen molar-refractivity contribution >= 4 is 5.78 Å². The molecule has 0 unspecified atom stereocenters. The number of Topliss-reactive ketones (excluding diaryl/α,β-unsaturated/α-hetero) is 1. The van der Waals surface area contributed by atoms with Crippen LogP contribution in [0.4, 0.5) is 0 Å². The Kier molecular flexibility index (Phi) is 2.44. The number of ketones is 1. The summed E-state index contributed by atoms with van der Waals surface area (Å²) in [5, 5.41) is 0. The summed E-state index contributed by atoms with van der Waals surface area (Å²) in [6.45, 7) is 2.18. The molecule has 1 heteroatoms. The predicted molar refractivity (Wildman–Crippen MR) is 53.5 cm³/mol. The zero-order valence-electron chi connectivity index (χ0n) is 8.64. The Labute approximate surface area is 80.9 Å². The van der Waals surface area contributed by atoms with Crippen LogP contribution in [0.5, 0.6) is 0 Å². The molecule has 13 heavy (non-hydrogen) atoms. The molecule has 0 spiro atoms. The Bertz CT molecular complexity index is 197. The largest absolute Gasteiger partial charge is 0.299 e. The first-order valence-electron chi connectivity index (χ1n) is 5.74. The summed E-state index contributed by atoms with van der Waals surface area (Å²) in [5.74, 6) is 1.46. The molecule has 2 aliphatic rings. The standard InChI is InChI=1S/C12H20O/c1-12(8-2-3-9-12)11(13)7-6-10-4-5-10/h10H,2-9H2,1H3. The maximum atomic E-state index is 11.9. The van der Waals surface area contributed by atoms with Crippen LogP contribution in [0.1, 0.15) is 58.3 Å². The third kappa shape index (κ3) is 2.12. The van der Waals surface area contributed by atoms with Crippen molar-refractivity contribution in [3.05, 3.63) is 0 Å². The molecule has 0 heterocycles. The van der Waals surface area contributed by atoms with Gasteiger partial charge in [0.25, 0.3) is 0 Å². The van der Waals surface area contributed by atoms with Gasteiger partial charge in [0.15, 0.2) is 0 Å². The summed E-state index contributed by atoms with van der Waals surface area (Å²) < 4.78 is 0. The molecule has 0 aromatic heterocycles. The normalized spacial score (nSPS) is 26.2. The average Bonchev–Trinajstić information content (AvgIpc) is 2.84. The first kappa shape index (κ1) is 9.23. The number of hydrogen-bond donors (Lipinski definition) is 0. The van der Waals surface area contributed by atoms with Gasteiger partial charge in [-0.2, -0.15) is 0 Å². The second-order valence-corrected chi connectivity index (χ2v) is 5.17. The monoisotopic (exact) mass is 180 g/mol. The van der Waals surface area contributed by atoms with Gasteiger partial charge in [-0.15, -0.1) is 0 Å². The van der Waals surface area contributed by atoms with Gasteiger partial charge in [-0.05, 0) is 25.2 Å². The van der Waals surface area contributed by atoms with Gasteiger partial charge in [0.1, 0.15) is 5.78 Å². The van der Waals surface area contributed by atoms with Crippen LogP contribution < -0.4 is 0 Å². The minimum atomic E-state index is 0.0783. The van der Waals surface area contributed by atoms with Crippen LogP contribution in [0, 0.1) is 11.3 Å². The van der Waals surface area contributed by atoms with Crippen LogP contribution in [-0.2, 0) is 4.79 Å². The number of rotatable bonds is 4. The molecule has 0 aliphatic heterocycles. The van der Waals surface area contributed by atoms with Gasteiger partial charge in [-0.1, -0.05) is 32.6 Å². The van der Waals surface area contributed by atoms with Gasteiger partial charge >= 0.3 is 0 Å². The van der Waals surface area contributed by atoms with Crippen LogP contribution >= 0.6 is 0 Å². The van der Waals surface area contributed by atoms with Gasteiger partial charge in [-0.3, -0.25) is 4.79 Å². The zero-order chi connectivity index (χ0) is 9.31. The lowest BCUT2D eigenvalue weighted by atomic mass is 9.82. The van der Waals surface area contributed by atoms with Crippen molar-refractivity contribution in [2.75, 3.05) is 0 Å². The molecule has 0 N–H and O–H groups in total. The van der Waals surface area contributed by atoms with Crippen molar-refractivity contribution in [3.8, 4) is 0 Å². The van der Waals surface area contributed by atoms with E-state index in [1.165, 1.54) is 32.1 Å². The smallest absolute Gasteiger partial charge is 0.138 e. The van der Waals surface area contributed by atoms with Crippen LogP contribution in [0.15, 0.2) is 0 Å². The lowest BCUT2D eigenvalue weighted by Crippen LogP contribution is -2.23. The fourth-order valence-corrected chi connectivity index (χ4v) is 2.48. The van der Waals surface area contributed by atoms with Crippen molar-refractivity contribution in [1.82, 2.24) is 0 Å². The van der Waals surface area contributed by atoms with Gasteiger partial charge in [0.2, 0.25) is 0 Å². The van der Waals surface area contributed by atoms with E-state index in [4.69, 9.17) is 0 Å². The molecule has 0 aromatic carbocycles. The summed E-state index contributed by atoms with van der Waals surface area (Å²) in [6, 6.07) is 0. The second-order valence-electron chi connectivity index (χ2n) is 5.17. The van der Waals surface area contributed by atoms with Crippen molar-refractivity contribution < 1.29 is 4.79 Å². The van der Waals surface area contributed by atoms with Crippen LogP contribution in [-0.4, -0.2) is 5.78 Å². The summed E-state index contributed by atoms with van der Waals surface area (Å²) in [6.07, 6.45) is 9.63. The topological polar surface area (TPSA) is 17.1 Å². The Hall–Kier alpha value is -0.330. The minimum absolute atomic E-state index is 0.0783. The van der Waals surface area contributed by atoms with Crippen LogP contribution in [0.25, 0.3) is 0 Å². The minimum Gasteiger partial charge on any atom is -0.299 e. The van der Waals surface area contributed by atoms with E-state index in [2.05, 4.69) is 6.92 Å². The highest BCUT2D eigenvalue weighted by atomic mass is 16.1. The number of carbonyl (C=O) groups excluding carboxylic acids is 1. The summed E-state index contributed by atoms with van der Waals surface area (Å²) in [4.78, 5) is 11.9. The quantitative estimate of drug-likeness (QED) is 0.648. The maximum Gasteiger partial charge on any atom is 0.138 e. The van der Waals surface area contributed by atoms with Gasteiger partial charge in [0.05, 0.1) is 0 Å². The second kappa shape index (κ2) is 3.43. The summed E-state index contributed by atoms with van der Waals surface area (Å²) >= 11 is 0. The molecule has 2 rings (SSSR count). The third-order valence-corrected chi connectivity index (χ3v) is 3.86. The Morgan fingerprint density at radius 1 is 1.31 bits per heavy atom. The Balaban J connectivity index is 1.80. The molecule has 0 bridgehead atoms. The van der Waals surface area contributed by atoms with Crippen molar-refractivity contribution in [2.24, 2.45) is 11.3 Å². The lowest BCUT2D eigenvalue weighted by Gasteiger charge is -2.21. The zero-order valence-corrected chi connectivity index (χ0v) is 8.64. The molecule has 0 amide bonds. The van der Waals surface area contributed by atoms with Crippen molar-refractivity contribution in [2.45, 2.75) is 58.3 Å². The fourth-order valence-electron chi connectivity index (χ4n) is 2.48. The van der Waals surface area contributed by atoms with E-state index in [1.54, 1.807) is 0 Å². The molecular formula is C12H20O. The van der Waals surface area contributed by atoms with Gasteiger partial charge in [0, 0.05) is 11.8 Å². The fraction of sp³-hybridized carbons (Fsp3) is 0.917. The first-order valence-corrected chi connectivity index (χ1v) is 5.74.